The molecular weight excluding hydrogens is 349 g/mol. The monoisotopic (exact) mass is 362 g/mol. The number of rotatable bonds is 4. The van der Waals surface area contributed by atoms with E-state index in [-0.39, 0.29) is 16.5 Å². The molecule has 0 spiro atoms. The molecule has 8 heteroatoms. The van der Waals surface area contributed by atoms with Gasteiger partial charge in [-0.2, -0.15) is 0 Å². The number of halogens is 3. The number of nitrogens with one attached hydrogen (secondary N) is 1. The number of primary amides is 1. The Morgan fingerprint density at radius 2 is 1.92 bits per heavy atom. The fraction of sp³-hybridized carbons (Fsp3) is 0.111. The zero-order valence-electron chi connectivity index (χ0n) is 13.5. The number of hydrogen-bond acceptors (Lipinski definition) is 4. The molecule has 1 heterocycles. The molecule has 0 aliphatic heterocycles. The van der Waals surface area contributed by atoms with E-state index in [2.05, 4.69) is 5.32 Å². The molecule has 0 bridgehead atoms. The maximum Gasteiger partial charge on any atom is 0.248 e. The summed E-state index contributed by atoms with van der Waals surface area (Å²) in [6, 6.07) is 4.30. The summed E-state index contributed by atoms with van der Waals surface area (Å²) in [6.07, 6.45) is 1.17. The Morgan fingerprint density at radius 3 is 2.62 bits per heavy atom. The van der Waals surface area contributed by atoms with Crippen molar-refractivity contribution in [2.45, 2.75) is 13.0 Å². The highest BCUT2D eigenvalue weighted by Gasteiger charge is 2.19. The van der Waals surface area contributed by atoms with Gasteiger partial charge in [0.05, 0.1) is 23.4 Å². The molecule has 1 aromatic heterocycles. The molecule has 3 rings (SSSR count). The second-order valence-corrected chi connectivity index (χ2v) is 5.71. The molecule has 0 aliphatic carbocycles. The number of hydrogen-bond donors (Lipinski definition) is 2. The van der Waals surface area contributed by atoms with Crippen molar-refractivity contribution in [3.05, 3.63) is 75.4 Å². The van der Waals surface area contributed by atoms with E-state index < -0.39 is 40.5 Å². The molecule has 26 heavy (non-hydrogen) atoms. The number of carbonyl (C=O) groups excluding carboxylic acids is 1. The van der Waals surface area contributed by atoms with Gasteiger partial charge in [0.25, 0.3) is 0 Å². The zero-order chi connectivity index (χ0) is 19.0. The Morgan fingerprint density at radius 1 is 1.19 bits per heavy atom. The highest BCUT2D eigenvalue weighted by atomic mass is 19.2. The van der Waals surface area contributed by atoms with Gasteiger partial charge in [0.15, 0.2) is 17.1 Å². The third kappa shape index (κ3) is 3.13. The third-order valence-electron chi connectivity index (χ3n) is 3.90. The van der Waals surface area contributed by atoms with Gasteiger partial charge in [0, 0.05) is 29.3 Å². The number of carbonyl (C=O) groups is 1. The fourth-order valence-corrected chi connectivity index (χ4v) is 2.66. The van der Waals surface area contributed by atoms with Crippen LogP contribution in [0.2, 0.25) is 0 Å². The Bertz CT molecular complexity index is 1080. The molecule has 0 radical (unpaired) electrons. The largest absolute Gasteiger partial charge is 0.464 e. The molecule has 0 fully saturated rings. The first-order chi connectivity index (χ1) is 12.3. The van der Waals surface area contributed by atoms with Crippen molar-refractivity contribution in [3.63, 3.8) is 0 Å². The van der Waals surface area contributed by atoms with Crippen LogP contribution in [0.4, 0.5) is 18.9 Å². The van der Waals surface area contributed by atoms with Gasteiger partial charge in [0.2, 0.25) is 5.91 Å². The van der Waals surface area contributed by atoms with Gasteiger partial charge < -0.3 is 15.5 Å². The molecule has 3 aromatic rings. The summed E-state index contributed by atoms with van der Waals surface area (Å²) in [7, 11) is 0. The van der Waals surface area contributed by atoms with Crippen molar-refractivity contribution in [3.8, 4) is 0 Å². The van der Waals surface area contributed by atoms with Crippen molar-refractivity contribution in [2.75, 3.05) is 5.32 Å². The standard InChI is InChI=1S/C18H13F3N2O3/c1-8(23-14-7-10(19)6-13(20)16(14)21)11-4-9(18(22)25)5-12-15(24)2-3-26-17(11)12/h2-8,23H,1H3,(H2,22,25). The van der Waals surface area contributed by atoms with Crippen LogP contribution in [0.25, 0.3) is 11.0 Å². The minimum atomic E-state index is -1.35. The predicted molar refractivity (Wildman–Crippen MR) is 89.4 cm³/mol. The fourth-order valence-electron chi connectivity index (χ4n) is 2.66. The van der Waals surface area contributed by atoms with Crippen LogP contribution < -0.4 is 16.5 Å². The lowest BCUT2D eigenvalue weighted by Gasteiger charge is -2.18. The predicted octanol–water partition coefficient (Wildman–Crippen LogP) is 3.48. The smallest absolute Gasteiger partial charge is 0.248 e. The van der Waals surface area contributed by atoms with Crippen molar-refractivity contribution >= 4 is 22.6 Å². The molecule has 1 unspecified atom stereocenters. The minimum absolute atomic E-state index is 0.0468. The van der Waals surface area contributed by atoms with Gasteiger partial charge in [-0.25, -0.2) is 13.2 Å². The normalized spacial score (nSPS) is 12.2. The van der Waals surface area contributed by atoms with Gasteiger partial charge in [-0.1, -0.05) is 0 Å². The Labute approximate surface area is 145 Å². The highest BCUT2D eigenvalue weighted by Crippen LogP contribution is 2.29. The maximum absolute atomic E-state index is 13.9. The van der Waals surface area contributed by atoms with Crippen molar-refractivity contribution in [1.29, 1.82) is 0 Å². The van der Waals surface area contributed by atoms with Crippen LogP contribution in [-0.4, -0.2) is 5.91 Å². The lowest BCUT2D eigenvalue weighted by atomic mass is 10.00. The summed E-state index contributed by atoms with van der Waals surface area (Å²) in [6.45, 7) is 1.55. The average Bonchev–Trinajstić information content (AvgIpc) is 2.58. The summed E-state index contributed by atoms with van der Waals surface area (Å²) in [4.78, 5) is 23.6. The van der Waals surface area contributed by atoms with Gasteiger partial charge >= 0.3 is 0 Å². The molecule has 0 saturated carbocycles. The van der Waals surface area contributed by atoms with Crippen molar-refractivity contribution < 1.29 is 22.4 Å². The zero-order valence-corrected chi connectivity index (χ0v) is 13.5. The summed E-state index contributed by atoms with van der Waals surface area (Å²) in [5, 5.41) is 2.73. The second-order valence-electron chi connectivity index (χ2n) is 5.71. The number of anilines is 1. The number of amides is 1. The van der Waals surface area contributed by atoms with E-state index in [0.717, 1.165) is 6.07 Å². The molecule has 134 valence electrons. The van der Waals surface area contributed by atoms with Crippen LogP contribution in [0.3, 0.4) is 0 Å². The molecule has 5 nitrogen and oxygen atoms in total. The molecule has 1 atom stereocenters. The Kier molecular flexibility index (Phi) is 4.41. The first-order valence-corrected chi connectivity index (χ1v) is 7.54. The Balaban J connectivity index is 2.14. The van der Waals surface area contributed by atoms with Gasteiger partial charge in [-0.05, 0) is 19.1 Å². The summed E-state index contributed by atoms with van der Waals surface area (Å²) >= 11 is 0. The van der Waals surface area contributed by atoms with Crippen molar-refractivity contribution in [2.24, 2.45) is 5.73 Å². The lowest BCUT2D eigenvalue weighted by molar-refractivity contribution is 0.100. The first kappa shape index (κ1) is 17.5. The summed E-state index contributed by atoms with van der Waals surface area (Å²) in [5.74, 6) is -4.33. The summed E-state index contributed by atoms with van der Waals surface area (Å²) in [5.41, 5.74) is 4.98. The molecular formula is C18H13F3N2O3. The van der Waals surface area contributed by atoms with Crippen LogP contribution in [-0.2, 0) is 0 Å². The lowest BCUT2D eigenvalue weighted by Crippen LogP contribution is -2.15. The third-order valence-corrected chi connectivity index (χ3v) is 3.90. The van der Waals surface area contributed by atoms with E-state index in [0.29, 0.717) is 11.6 Å². The second kappa shape index (κ2) is 6.55. The van der Waals surface area contributed by atoms with Gasteiger partial charge in [-0.3, -0.25) is 9.59 Å². The number of benzene rings is 2. The van der Waals surface area contributed by atoms with Crippen LogP contribution >= 0.6 is 0 Å². The van der Waals surface area contributed by atoms with Crippen LogP contribution in [0, 0.1) is 17.5 Å². The topological polar surface area (TPSA) is 85.3 Å². The van der Waals surface area contributed by atoms with E-state index >= 15 is 0 Å². The molecule has 3 N–H and O–H groups in total. The minimum Gasteiger partial charge on any atom is -0.464 e. The first-order valence-electron chi connectivity index (χ1n) is 7.54. The van der Waals surface area contributed by atoms with E-state index in [1.165, 1.54) is 24.5 Å². The van der Waals surface area contributed by atoms with Crippen LogP contribution in [0.1, 0.15) is 28.9 Å². The average molecular weight is 362 g/mol. The van der Waals surface area contributed by atoms with Crippen molar-refractivity contribution in [1.82, 2.24) is 0 Å². The SMILES string of the molecule is CC(Nc1cc(F)cc(F)c1F)c1cc(C(N)=O)cc2c(=O)ccoc12. The molecule has 1 amide bonds. The highest BCUT2D eigenvalue weighted by molar-refractivity contribution is 5.97. The Hall–Kier alpha value is -3.29. The van der Waals surface area contributed by atoms with E-state index in [1.54, 1.807) is 6.92 Å². The number of fused-ring (bicyclic) bond motifs is 1. The summed E-state index contributed by atoms with van der Waals surface area (Å²) < 4.78 is 46.0. The molecule has 0 saturated heterocycles. The number of nitrogens with two attached hydrogens (primary N) is 1. The maximum atomic E-state index is 13.9. The molecule has 2 aromatic carbocycles. The van der Waals surface area contributed by atoms with E-state index in [9.17, 15) is 22.8 Å². The van der Waals surface area contributed by atoms with Crippen LogP contribution in [0.5, 0.6) is 0 Å². The quantitative estimate of drug-likeness (QED) is 0.696. The van der Waals surface area contributed by atoms with E-state index in [1.807, 2.05) is 0 Å². The van der Waals surface area contributed by atoms with Crippen LogP contribution in [0.15, 0.2) is 45.8 Å². The van der Waals surface area contributed by atoms with Gasteiger partial charge in [0.1, 0.15) is 11.4 Å². The van der Waals surface area contributed by atoms with Gasteiger partial charge in [-0.15, -0.1) is 0 Å². The van der Waals surface area contributed by atoms with E-state index in [4.69, 9.17) is 10.2 Å². The molecule has 0 aliphatic rings.